The molecule has 0 aliphatic carbocycles. The summed E-state index contributed by atoms with van der Waals surface area (Å²) in [5.74, 6) is 1.12. The Labute approximate surface area is 149 Å². The third-order valence-electron chi connectivity index (χ3n) is 3.22. The molecule has 0 saturated heterocycles. The van der Waals surface area contributed by atoms with Gasteiger partial charge in [0.15, 0.2) is 11.5 Å². The molecule has 0 spiro atoms. The van der Waals surface area contributed by atoms with Gasteiger partial charge >= 0.3 is 0 Å². The van der Waals surface area contributed by atoms with Gasteiger partial charge in [-0.3, -0.25) is 10.1 Å². The van der Waals surface area contributed by atoms with Gasteiger partial charge < -0.3 is 9.47 Å². The molecule has 24 heavy (non-hydrogen) atoms. The first-order chi connectivity index (χ1) is 11.5. The van der Waals surface area contributed by atoms with Gasteiger partial charge in [-0.05, 0) is 53.0 Å². The summed E-state index contributed by atoms with van der Waals surface area (Å²) in [5.41, 5.74) is 2.90. The Kier molecular flexibility index (Phi) is 6.37. The first kappa shape index (κ1) is 18.0. The largest absolute Gasteiger partial charge is 0.490 e. The molecule has 0 aromatic heterocycles. The molecule has 0 unspecified atom stereocenters. The highest BCUT2D eigenvalue weighted by Crippen LogP contribution is 2.37. The molecule has 0 radical (unpaired) electrons. The fourth-order valence-corrected chi connectivity index (χ4v) is 2.65. The SMILES string of the molecule is CCOc1cc(/C=C/[N+](=O)[O-])cc(Br)c1OCc1ccc(C)cc1. The maximum absolute atomic E-state index is 10.5. The van der Waals surface area contributed by atoms with Gasteiger partial charge in [0.2, 0.25) is 6.20 Å². The van der Waals surface area contributed by atoms with E-state index in [0.29, 0.717) is 34.7 Å². The van der Waals surface area contributed by atoms with E-state index >= 15 is 0 Å². The minimum absolute atomic E-state index is 0.406. The van der Waals surface area contributed by atoms with Crippen LogP contribution in [0.4, 0.5) is 0 Å². The van der Waals surface area contributed by atoms with Gasteiger partial charge in [0.1, 0.15) is 6.61 Å². The van der Waals surface area contributed by atoms with E-state index < -0.39 is 4.92 Å². The molecule has 0 heterocycles. The Bertz CT molecular complexity index is 741. The van der Waals surface area contributed by atoms with E-state index in [1.165, 1.54) is 11.6 Å². The number of benzene rings is 2. The molecule has 0 saturated carbocycles. The number of ether oxygens (including phenoxy) is 2. The quantitative estimate of drug-likeness (QED) is 0.492. The van der Waals surface area contributed by atoms with Gasteiger partial charge in [0.25, 0.3) is 0 Å². The van der Waals surface area contributed by atoms with Crippen LogP contribution in [-0.2, 0) is 6.61 Å². The van der Waals surface area contributed by atoms with Crippen LogP contribution in [0.1, 0.15) is 23.6 Å². The third kappa shape index (κ3) is 5.09. The number of hydrogen-bond donors (Lipinski definition) is 0. The van der Waals surface area contributed by atoms with Crippen molar-refractivity contribution in [2.45, 2.75) is 20.5 Å². The standard InChI is InChI=1S/C18H18BrNO4/c1-3-23-17-11-15(8-9-20(21)22)10-16(19)18(17)24-12-14-6-4-13(2)5-7-14/h4-11H,3,12H2,1-2H3/b9-8+. The summed E-state index contributed by atoms with van der Waals surface area (Å²) in [4.78, 5) is 9.97. The van der Waals surface area contributed by atoms with Crippen LogP contribution >= 0.6 is 15.9 Å². The molecule has 2 rings (SSSR count). The number of hydrogen-bond acceptors (Lipinski definition) is 4. The summed E-state index contributed by atoms with van der Waals surface area (Å²) in [6.07, 6.45) is 2.31. The van der Waals surface area contributed by atoms with E-state index in [1.807, 2.05) is 38.1 Å². The average Bonchev–Trinajstić information content (AvgIpc) is 2.54. The minimum atomic E-state index is -0.504. The smallest absolute Gasteiger partial charge is 0.235 e. The Morgan fingerprint density at radius 3 is 2.54 bits per heavy atom. The molecule has 5 nitrogen and oxygen atoms in total. The van der Waals surface area contributed by atoms with Crippen LogP contribution in [0.3, 0.4) is 0 Å². The van der Waals surface area contributed by atoms with Gasteiger partial charge in [0, 0.05) is 6.08 Å². The van der Waals surface area contributed by atoms with E-state index in [9.17, 15) is 10.1 Å². The first-order valence-corrected chi connectivity index (χ1v) is 8.25. The van der Waals surface area contributed by atoms with Crippen molar-refractivity contribution in [3.63, 3.8) is 0 Å². The van der Waals surface area contributed by atoms with Crippen LogP contribution in [0.15, 0.2) is 47.1 Å². The molecule has 6 heteroatoms. The van der Waals surface area contributed by atoms with Crippen LogP contribution in [-0.4, -0.2) is 11.5 Å². The van der Waals surface area contributed by atoms with Crippen molar-refractivity contribution in [3.05, 3.63) is 73.9 Å². The zero-order chi connectivity index (χ0) is 17.5. The summed E-state index contributed by atoms with van der Waals surface area (Å²) >= 11 is 3.45. The van der Waals surface area contributed by atoms with Crippen molar-refractivity contribution in [2.24, 2.45) is 0 Å². The molecular formula is C18H18BrNO4. The van der Waals surface area contributed by atoms with Crippen LogP contribution in [0.25, 0.3) is 6.08 Å². The minimum Gasteiger partial charge on any atom is -0.490 e. The first-order valence-electron chi connectivity index (χ1n) is 7.46. The molecule has 0 atom stereocenters. The highest BCUT2D eigenvalue weighted by Gasteiger charge is 2.12. The van der Waals surface area contributed by atoms with E-state index in [2.05, 4.69) is 15.9 Å². The number of nitrogens with zero attached hydrogens (tertiary/aromatic N) is 1. The maximum Gasteiger partial charge on any atom is 0.235 e. The number of halogens is 1. The third-order valence-corrected chi connectivity index (χ3v) is 3.81. The van der Waals surface area contributed by atoms with Crippen LogP contribution in [0, 0.1) is 17.0 Å². The van der Waals surface area contributed by atoms with Crippen LogP contribution in [0.5, 0.6) is 11.5 Å². The van der Waals surface area contributed by atoms with Crippen molar-refractivity contribution >= 4 is 22.0 Å². The van der Waals surface area contributed by atoms with Gasteiger partial charge in [-0.25, -0.2) is 0 Å². The lowest BCUT2D eigenvalue weighted by atomic mass is 10.1. The zero-order valence-electron chi connectivity index (χ0n) is 13.5. The Balaban J connectivity index is 2.23. The molecule has 0 aliphatic heterocycles. The molecule has 2 aromatic rings. The summed E-state index contributed by atoms with van der Waals surface area (Å²) in [7, 11) is 0. The Morgan fingerprint density at radius 2 is 1.92 bits per heavy atom. The number of nitro groups is 1. The second-order valence-electron chi connectivity index (χ2n) is 5.14. The van der Waals surface area contributed by atoms with Gasteiger partial charge in [-0.2, -0.15) is 0 Å². The average molecular weight is 392 g/mol. The number of rotatable bonds is 7. The predicted octanol–water partition coefficient (Wildman–Crippen LogP) is 4.98. The summed E-state index contributed by atoms with van der Waals surface area (Å²) in [6.45, 7) is 4.78. The maximum atomic E-state index is 10.5. The van der Waals surface area contributed by atoms with Gasteiger partial charge in [0.05, 0.1) is 16.0 Å². The lowest BCUT2D eigenvalue weighted by Gasteiger charge is -2.14. The molecular weight excluding hydrogens is 374 g/mol. The van der Waals surface area contributed by atoms with Gasteiger partial charge in [-0.15, -0.1) is 0 Å². The topological polar surface area (TPSA) is 61.6 Å². The van der Waals surface area contributed by atoms with Gasteiger partial charge in [-0.1, -0.05) is 29.8 Å². The second kappa shape index (κ2) is 8.49. The van der Waals surface area contributed by atoms with E-state index in [0.717, 1.165) is 11.8 Å². The Hall–Kier alpha value is -2.34. The fourth-order valence-electron chi connectivity index (χ4n) is 2.07. The van der Waals surface area contributed by atoms with E-state index in [-0.39, 0.29) is 0 Å². The summed E-state index contributed by atoms with van der Waals surface area (Å²) in [5, 5.41) is 10.5. The number of aryl methyl sites for hydroxylation is 1. The Morgan fingerprint density at radius 1 is 1.21 bits per heavy atom. The zero-order valence-corrected chi connectivity index (χ0v) is 15.1. The van der Waals surface area contributed by atoms with Crippen molar-refractivity contribution in [3.8, 4) is 11.5 Å². The fraction of sp³-hybridized carbons (Fsp3) is 0.222. The highest BCUT2D eigenvalue weighted by molar-refractivity contribution is 9.10. The van der Waals surface area contributed by atoms with Crippen molar-refractivity contribution in [2.75, 3.05) is 6.61 Å². The van der Waals surface area contributed by atoms with E-state index in [4.69, 9.17) is 9.47 Å². The summed E-state index contributed by atoms with van der Waals surface area (Å²) < 4.78 is 12.2. The monoisotopic (exact) mass is 391 g/mol. The molecule has 2 aromatic carbocycles. The lowest BCUT2D eigenvalue weighted by Crippen LogP contribution is -2.01. The highest BCUT2D eigenvalue weighted by atomic mass is 79.9. The predicted molar refractivity (Wildman–Crippen MR) is 96.9 cm³/mol. The molecule has 0 amide bonds. The molecule has 0 fully saturated rings. The molecule has 126 valence electrons. The summed E-state index contributed by atoms with van der Waals surface area (Å²) in [6, 6.07) is 11.6. The normalized spacial score (nSPS) is 10.8. The second-order valence-corrected chi connectivity index (χ2v) is 5.99. The molecule has 0 N–H and O–H groups in total. The van der Waals surface area contributed by atoms with Crippen molar-refractivity contribution in [1.29, 1.82) is 0 Å². The van der Waals surface area contributed by atoms with Crippen molar-refractivity contribution in [1.82, 2.24) is 0 Å². The van der Waals surface area contributed by atoms with E-state index in [1.54, 1.807) is 12.1 Å². The van der Waals surface area contributed by atoms with Crippen LogP contribution in [0.2, 0.25) is 0 Å². The molecule has 0 bridgehead atoms. The molecule has 0 aliphatic rings. The van der Waals surface area contributed by atoms with Crippen LogP contribution < -0.4 is 9.47 Å². The van der Waals surface area contributed by atoms with Crippen molar-refractivity contribution < 1.29 is 14.4 Å². The lowest BCUT2D eigenvalue weighted by molar-refractivity contribution is -0.400.